The Morgan fingerprint density at radius 2 is 2.11 bits per heavy atom. The van der Waals surface area contributed by atoms with Gasteiger partial charge in [-0.3, -0.25) is 19.1 Å². The average molecular weight is 503 g/mol. The number of aromatic amines is 1. The highest BCUT2D eigenvalue weighted by molar-refractivity contribution is 7.08. The van der Waals surface area contributed by atoms with E-state index in [1.165, 1.54) is 11.3 Å². The fraction of sp³-hybridized carbons (Fsp3) is 0.231. The van der Waals surface area contributed by atoms with Gasteiger partial charge < -0.3 is 15.7 Å². The van der Waals surface area contributed by atoms with Gasteiger partial charge in [-0.1, -0.05) is 19.1 Å². The zero-order valence-corrected chi connectivity index (χ0v) is 20.5. The lowest BCUT2D eigenvalue weighted by Crippen LogP contribution is -2.37. The van der Waals surface area contributed by atoms with E-state index >= 15 is 0 Å². The molecule has 2 amide bonds. The van der Waals surface area contributed by atoms with Gasteiger partial charge in [0.2, 0.25) is 0 Å². The average Bonchev–Trinajstić information content (AvgIpc) is 3.65. The Morgan fingerprint density at radius 1 is 1.22 bits per heavy atom. The molecular weight excluding hydrogens is 476 g/mol. The molecule has 4 aromatic heterocycles. The summed E-state index contributed by atoms with van der Waals surface area (Å²) >= 11 is 1.50. The molecule has 0 bridgehead atoms. The van der Waals surface area contributed by atoms with E-state index in [2.05, 4.69) is 20.8 Å². The normalized spacial score (nSPS) is 12.2. The van der Waals surface area contributed by atoms with Gasteiger partial charge in [0, 0.05) is 29.1 Å². The number of rotatable bonds is 9. The van der Waals surface area contributed by atoms with Crippen LogP contribution in [0.5, 0.6) is 0 Å². The number of benzene rings is 1. The molecule has 4 heterocycles. The predicted molar refractivity (Wildman–Crippen MR) is 139 cm³/mol. The molecule has 0 fully saturated rings. The SMILES string of the molecule is CCC(CO)NC(=O)c1c(-c2ccsc2)nc2c(C(=O)NCCc3ccc4cn[nH]c4c3)cccn12. The van der Waals surface area contributed by atoms with Crippen LogP contribution in [-0.4, -0.2) is 55.7 Å². The van der Waals surface area contributed by atoms with E-state index in [-0.39, 0.29) is 24.5 Å². The lowest BCUT2D eigenvalue weighted by molar-refractivity contribution is 0.0907. The second kappa shape index (κ2) is 10.3. The summed E-state index contributed by atoms with van der Waals surface area (Å²) in [6.45, 7) is 2.18. The molecule has 1 aromatic carbocycles. The maximum absolute atomic E-state index is 13.3. The van der Waals surface area contributed by atoms with E-state index in [1.54, 1.807) is 28.9 Å². The van der Waals surface area contributed by atoms with Crippen LogP contribution >= 0.6 is 11.3 Å². The van der Waals surface area contributed by atoms with E-state index in [1.807, 2.05) is 41.9 Å². The minimum atomic E-state index is -0.370. The van der Waals surface area contributed by atoms with Crippen molar-refractivity contribution in [3.05, 3.63) is 76.4 Å². The molecule has 36 heavy (non-hydrogen) atoms. The van der Waals surface area contributed by atoms with Gasteiger partial charge in [-0.25, -0.2) is 4.98 Å². The van der Waals surface area contributed by atoms with Gasteiger partial charge in [-0.05, 0) is 48.1 Å². The highest BCUT2D eigenvalue weighted by Gasteiger charge is 2.25. The van der Waals surface area contributed by atoms with E-state index in [0.717, 1.165) is 22.0 Å². The number of hydrogen-bond acceptors (Lipinski definition) is 6. The zero-order chi connectivity index (χ0) is 25.1. The molecule has 184 valence electrons. The van der Waals surface area contributed by atoms with Crippen molar-refractivity contribution < 1.29 is 14.7 Å². The summed E-state index contributed by atoms with van der Waals surface area (Å²) in [5, 5.41) is 27.3. The summed E-state index contributed by atoms with van der Waals surface area (Å²) < 4.78 is 1.65. The number of pyridine rings is 1. The maximum Gasteiger partial charge on any atom is 0.270 e. The van der Waals surface area contributed by atoms with Crippen molar-refractivity contribution in [2.75, 3.05) is 13.2 Å². The Bertz CT molecular complexity index is 1520. The Kier molecular flexibility index (Phi) is 6.79. The summed E-state index contributed by atoms with van der Waals surface area (Å²) in [7, 11) is 0. The Labute approximate surface area is 211 Å². The number of hydrogen-bond donors (Lipinski definition) is 4. The molecule has 0 spiro atoms. The third-order valence-electron chi connectivity index (χ3n) is 6.16. The number of aliphatic hydroxyl groups is 1. The number of aliphatic hydroxyl groups excluding tert-OH is 1. The molecule has 0 aliphatic rings. The molecule has 4 N–H and O–H groups in total. The van der Waals surface area contributed by atoms with Crippen molar-refractivity contribution in [3.8, 4) is 11.3 Å². The monoisotopic (exact) mass is 502 g/mol. The third-order valence-corrected chi connectivity index (χ3v) is 6.84. The van der Waals surface area contributed by atoms with Crippen LogP contribution in [0.15, 0.2) is 59.6 Å². The molecule has 0 saturated heterocycles. The van der Waals surface area contributed by atoms with Crippen LogP contribution in [0, 0.1) is 0 Å². The number of carbonyl (C=O) groups is 2. The smallest absolute Gasteiger partial charge is 0.270 e. The van der Waals surface area contributed by atoms with Crippen molar-refractivity contribution in [1.82, 2.24) is 30.2 Å². The van der Waals surface area contributed by atoms with Gasteiger partial charge in [0.25, 0.3) is 11.8 Å². The van der Waals surface area contributed by atoms with Crippen molar-refractivity contribution in [2.24, 2.45) is 0 Å². The molecule has 0 aliphatic carbocycles. The molecule has 5 aromatic rings. The molecule has 9 nitrogen and oxygen atoms in total. The van der Waals surface area contributed by atoms with Gasteiger partial charge in [-0.15, -0.1) is 0 Å². The number of amides is 2. The van der Waals surface area contributed by atoms with Crippen LogP contribution in [-0.2, 0) is 6.42 Å². The van der Waals surface area contributed by atoms with E-state index in [0.29, 0.717) is 42.0 Å². The minimum absolute atomic E-state index is 0.159. The van der Waals surface area contributed by atoms with Crippen molar-refractivity contribution in [1.29, 1.82) is 0 Å². The van der Waals surface area contributed by atoms with Gasteiger partial charge in [0.1, 0.15) is 11.4 Å². The van der Waals surface area contributed by atoms with Gasteiger partial charge in [0.15, 0.2) is 5.65 Å². The predicted octanol–water partition coefficient (Wildman–Crippen LogP) is 3.41. The van der Waals surface area contributed by atoms with E-state index in [9.17, 15) is 14.7 Å². The summed E-state index contributed by atoms with van der Waals surface area (Å²) in [6.07, 6.45) is 4.75. The molecule has 10 heteroatoms. The number of fused-ring (bicyclic) bond motifs is 2. The zero-order valence-electron chi connectivity index (χ0n) is 19.7. The number of thiophene rings is 1. The first-order valence-corrected chi connectivity index (χ1v) is 12.7. The fourth-order valence-corrected chi connectivity index (χ4v) is 4.79. The van der Waals surface area contributed by atoms with Crippen LogP contribution < -0.4 is 10.6 Å². The van der Waals surface area contributed by atoms with Crippen LogP contribution in [0.2, 0.25) is 0 Å². The highest BCUT2D eigenvalue weighted by atomic mass is 32.1. The lowest BCUT2D eigenvalue weighted by Gasteiger charge is -2.14. The number of carbonyl (C=O) groups excluding carboxylic acids is 2. The summed E-state index contributed by atoms with van der Waals surface area (Å²) in [5.41, 5.74) is 4.45. The standard InChI is InChI=1S/C26H26N6O3S/c1-2-19(14-33)29-26(35)23-22(18-8-11-36-15-18)30-24-20(4-3-10-32(23)24)25(34)27-9-7-16-5-6-17-13-28-31-21(17)12-16/h3-6,8,10-13,15,19,33H,2,7,9,14H2,1H3,(H,27,34)(H,28,31)(H,29,35). The summed E-state index contributed by atoms with van der Waals surface area (Å²) in [6, 6.07) is 11.0. The first kappa shape index (κ1) is 23.7. The van der Waals surface area contributed by atoms with Crippen LogP contribution in [0.4, 0.5) is 0 Å². The van der Waals surface area contributed by atoms with E-state index in [4.69, 9.17) is 4.98 Å². The largest absolute Gasteiger partial charge is 0.394 e. The topological polar surface area (TPSA) is 124 Å². The van der Waals surface area contributed by atoms with Crippen molar-refractivity contribution in [2.45, 2.75) is 25.8 Å². The van der Waals surface area contributed by atoms with E-state index < -0.39 is 0 Å². The molecule has 0 aliphatic heterocycles. The second-order valence-corrected chi connectivity index (χ2v) is 9.28. The highest BCUT2D eigenvalue weighted by Crippen LogP contribution is 2.28. The molecule has 1 unspecified atom stereocenters. The molecule has 0 saturated carbocycles. The van der Waals surface area contributed by atoms with Gasteiger partial charge >= 0.3 is 0 Å². The molecular formula is C26H26N6O3S. The number of imidazole rings is 1. The number of nitrogens with one attached hydrogen (secondary N) is 3. The fourth-order valence-electron chi connectivity index (χ4n) is 4.15. The first-order chi connectivity index (χ1) is 17.6. The molecule has 0 radical (unpaired) electrons. The Hall–Kier alpha value is -4.02. The van der Waals surface area contributed by atoms with Crippen molar-refractivity contribution >= 4 is 39.7 Å². The number of H-pyrrole nitrogens is 1. The van der Waals surface area contributed by atoms with Gasteiger partial charge in [-0.2, -0.15) is 16.4 Å². The summed E-state index contributed by atoms with van der Waals surface area (Å²) in [4.78, 5) is 31.1. The van der Waals surface area contributed by atoms with Crippen molar-refractivity contribution in [3.63, 3.8) is 0 Å². The molecule has 5 rings (SSSR count). The summed E-state index contributed by atoms with van der Waals surface area (Å²) in [5.74, 6) is -0.616. The van der Waals surface area contributed by atoms with Gasteiger partial charge in [0.05, 0.1) is 29.9 Å². The number of nitrogens with zero attached hydrogens (tertiary/aromatic N) is 3. The Morgan fingerprint density at radius 3 is 2.89 bits per heavy atom. The van der Waals surface area contributed by atoms with Crippen LogP contribution in [0.3, 0.4) is 0 Å². The number of aromatic nitrogens is 4. The Balaban J connectivity index is 1.42. The second-order valence-electron chi connectivity index (χ2n) is 8.50. The maximum atomic E-state index is 13.3. The molecule has 1 atom stereocenters. The quantitative estimate of drug-likeness (QED) is 0.246. The van der Waals surface area contributed by atoms with Crippen LogP contribution in [0.1, 0.15) is 39.8 Å². The first-order valence-electron chi connectivity index (χ1n) is 11.7. The minimum Gasteiger partial charge on any atom is -0.394 e. The third kappa shape index (κ3) is 4.60. The lowest BCUT2D eigenvalue weighted by atomic mass is 10.1. The van der Waals surface area contributed by atoms with Crippen LogP contribution in [0.25, 0.3) is 27.8 Å².